The molecule has 1 aromatic carbocycles. The van der Waals surface area contributed by atoms with Gasteiger partial charge in [-0.1, -0.05) is 18.2 Å². The molecule has 7 heteroatoms. The summed E-state index contributed by atoms with van der Waals surface area (Å²) < 4.78 is 23.4. The first kappa shape index (κ1) is 20.6. The summed E-state index contributed by atoms with van der Waals surface area (Å²) in [5, 5.41) is 2.67. The maximum Gasteiger partial charge on any atom is 0.498 e. The third-order valence-corrected chi connectivity index (χ3v) is 4.45. The number of ether oxygens (including phenoxy) is 2. The van der Waals surface area contributed by atoms with E-state index in [0.717, 1.165) is 5.46 Å². The molecule has 1 unspecified atom stereocenters. The predicted octanol–water partition coefficient (Wildman–Crippen LogP) is 3.24. The van der Waals surface area contributed by atoms with E-state index in [2.05, 4.69) is 5.32 Å². The second-order valence-electron chi connectivity index (χ2n) is 8.53. The topological polar surface area (TPSA) is 66.0 Å². The summed E-state index contributed by atoms with van der Waals surface area (Å²) in [6, 6.07) is 7.49. The normalized spacial score (nSPS) is 19.8. The van der Waals surface area contributed by atoms with Crippen molar-refractivity contribution in [2.45, 2.75) is 78.4 Å². The Morgan fingerprint density at radius 2 is 1.65 bits per heavy atom. The number of amides is 1. The zero-order valence-corrected chi connectivity index (χ0v) is 17.0. The molecule has 1 heterocycles. The van der Waals surface area contributed by atoms with Crippen LogP contribution in [0.2, 0.25) is 0 Å². The molecular formula is C19H30BNO5. The van der Waals surface area contributed by atoms with Crippen LogP contribution in [0.5, 0.6) is 5.75 Å². The lowest BCUT2D eigenvalue weighted by molar-refractivity contribution is 0.00578. The van der Waals surface area contributed by atoms with Crippen molar-refractivity contribution in [1.82, 2.24) is 5.32 Å². The number of carbonyl (C=O) groups excluding carboxylic acids is 1. The van der Waals surface area contributed by atoms with Crippen molar-refractivity contribution in [2.24, 2.45) is 0 Å². The van der Waals surface area contributed by atoms with E-state index in [4.69, 9.17) is 18.8 Å². The number of benzene rings is 1. The van der Waals surface area contributed by atoms with Crippen LogP contribution in [0.25, 0.3) is 0 Å². The Hall–Kier alpha value is -1.73. The Morgan fingerprint density at radius 3 is 2.19 bits per heavy atom. The molecule has 2 rings (SSSR count). The summed E-state index contributed by atoms with van der Waals surface area (Å²) in [6.07, 6.45) is -1.11. The molecule has 0 saturated carbocycles. The molecular weight excluding hydrogens is 333 g/mol. The highest BCUT2D eigenvalue weighted by molar-refractivity contribution is 6.63. The standard InChI is InChI=1S/C19H30BNO5/c1-13(21-16(22)24-17(2,3)4)23-15-12-10-9-11-14(15)20-25-18(5,6)19(7,8)26-20/h9-13H,1-8H3,(H,21,22). The third-order valence-electron chi connectivity index (χ3n) is 4.45. The maximum absolute atomic E-state index is 11.9. The summed E-state index contributed by atoms with van der Waals surface area (Å²) in [6.45, 7) is 15.2. The number of hydrogen-bond donors (Lipinski definition) is 1. The van der Waals surface area contributed by atoms with Crippen LogP contribution in [0.4, 0.5) is 4.79 Å². The third kappa shape index (κ3) is 4.92. The minimum atomic E-state index is -0.576. The van der Waals surface area contributed by atoms with Crippen molar-refractivity contribution in [3.05, 3.63) is 24.3 Å². The average Bonchev–Trinajstić information content (AvgIpc) is 2.65. The molecule has 1 aliphatic heterocycles. The summed E-state index contributed by atoms with van der Waals surface area (Å²) in [5.41, 5.74) is -0.662. The lowest BCUT2D eigenvalue weighted by Crippen LogP contribution is -2.42. The van der Waals surface area contributed by atoms with Crippen LogP contribution in [0.3, 0.4) is 0 Å². The zero-order chi connectivity index (χ0) is 19.8. The summed E-state index contributed by atoms with van der Waals surface area (Å²) in [5.74, 6) is 0.592. The Bertz CT molecular complexity index is 638. The average molecular weight is 363 g/mol. The second-order valence-corrected chi connectivity index (χ2v) is 8.53. The van der Waals surface area contributed by atoms with Crippen LogP contribution < -0.4 is 15.5 Å². The van der Waals surface area contributed by atoms with Gasteiger partial charge in [0.1, 0.15) is 11.4 Å². The Labute approximate surface area is 156 Å². The van der Waals surface area contributed by atoms with Gasteiger partial charge in [0.05, 0.1) is 11.2 Å². The van der Waals surface area contributed by atoms with Gasteiger partial charge in [0, 0.05) is 5.46 Å². The fourth-order valence-electron chi connectivity index (χ4n) is 2.45. The maximum atomic E-state index is 11.9. The molecule has 0 aromatic heterocycles. The molecule has 1 atom stereocenters. The predicted molar refractivity (Wildman–Crippen MR) is 102 cm³/mol. The summed E-state index contributed by atoms with van der Waals surface area (Å²) >= 11 is 0. The van der Waals surface area contributed by atoms with Gasteiger partial charge in [-0.3, -0.25) is 5.32 Å². The van der Waals surface area contributed by atoms with Crippen LogP contribution in [-0.4, -0.2) is 36.2 Å². The fourth-order valence-corrected chi connectivity index (χ4v) is 2.45. The number of hydrogen-bond acceptors (Lipinski definition) is 5. The molecule has 0 spiro atoms. The van der Waals surface area contributed by atoms with E-state index in [1.54, 1.807) is 6.92 Å². The van der Waals surface area contributed by atoms with Gasteiger partial charge in [0.2, 0.25) is 0 Å². The molecule has 0 bridgehead atoms. The Morgan fingerprint density at radius 1 is 1.12 bits per heavy atom. The molecule has 1 amide bonds. The van der Waals surface area contributed by atoms with Crippen molar-refractivity contribution in [3.63, 3.8) is 0 Å². The molecule has 1 aromatic rings. The van der Waals surface area contributed by atoms with E-state index < -0.39 is 36.2 Å². The highest BCUT2D eigenvalue weighted by Gasteiger charge is 2.52. The van der Waals surface area contributed by atoms with E-state index in [1.807, 2.05) is 72.7 Å². The van der Waals surface area contributed by atoms with Crippen LogP contribution >= 0.6 is 0 Å². The van der Waals surface area contributed by atoms with E-state index in [-0.39, 0.29) is 0 Å². The van der Waals surface area contributed by atoms with E-state index in [9.17, 15) is 4.79 Å². The molecule has 0 aliphatic carbocycles. The number of nitrogens with one attached hydrogen (secondary N) is 1. The number of para-hydroxylation sites is 1. The van der Waals surface area contributed by atoms with Gasteiger partial charge < -0.3 is 18.8 Å². The summed E-state index contributed by atoms with van der Waals surface area (Å²) in [7, 11) is -0.537. The van der Waals surface area contributed by atoms with Crippen molar-refractivity contribution >= 4 is 18.7 Å². The first-order chi connectivity index (χ1) is 11.8. The number of rotatable bonds is 4. The van der Waals surface area contributed by atoms with E-state index >= 15 is 0 Å². The lowest BCUT2D eigenvalue weighted by atomic mass is 9.78. The van der Waals surface area contributed by atoms with Crippen molar-refractivity contribution in [2.75, 3.05) is 0 Å². The van der Waals surface area contributed by atoms with Crippen LogP contribution in [0.1, 0.15) is 55.4 Å². The Kier molecular flexibility index (Phi) is 5.64. The highest BCUT2D eigenvalue weighted by atomic mass is 16.7. The molecule has 6 nitrogen and oxygen atoms in total. The first-order valence-corrected chi connectivity index (χ1v) is 8.91. The smallest absolute Gasteiger partial charge is 0.471 e. The second kappa shape index (κ2) is 7.12. The molecule has 0 radical (unpaired) electrons. The van der Waals surface area contributed by atoms with Crippen LogP contribution in [-0.2, 0) is 14.0 Å². The Balaban J connectivity index is 2.09. The fraction of sp³-hybridized carbons (Fsp3) is 0.632. The molecule has 1 aliphatic rings. The summed E-state index contributed by atoms with van der Waals surface area (Å²) in [4.78, 5) is 11.9. The van der Waals surface area contributed by atoms with Gasteiger partial charge in [0.25, 0.3) is 0 Å². The van der Waals surface area contributed by atoms with Crippen molar-refractivity contribution in [3.8, 4) is 5.75 Å². The van der Waals surface area contributed by atoms with Gasteiger partial charge in [-0.2, -0.15) is 0 Å². The van der Waals surface area contributed by atoms with Crippen molar-refractivity contribution < 1.29 is 23.6 Å². The molecule has 1 saturated heterocycles. The zero-order valence-electron chi connectivity index (χ0n) is 17.0. The van der Waals surface area contributed by atoms with Gasteiger partial charge in [-0.25, -0.2) is 4.79 Å². The molecule has 26 heavy (non-hydrogen) atoms. The SMILES string of the molecule is CC(NC(=O)OC(C)(C)C)Oc1ccccc1B1OC(C)(C)C(C)(C)O1. The molecule has 1 fully saturated rings. The van der Waals surface area contributed by atoms with E-state index in [0.29, 0.717) is 5.75 Å². The molecule has 1 N–H and O–H groups in total. The number of carbonyl (C=O) groups is 1. The monoisotopic (exact) mass is 363 g/mol. The number of alkyl carbamates (subject to hydrolysis) is 1. The van der Waals surface area contributed by atoms with Crippen LogP contribution in [0, 0.1) is 0 Å². The lowest BCUT2D eigenvalue weighted by Gasteiger charge is -2.32. The quantitative estimate of drug-likeness (QED) is 0.657. The van der Waals surface area contributed by atoms with E-state index in [1.165, 1.54) is 0 Å². The minimum Gasteiger partial charge on any atom is -0.471 e. The van der Waals surface area contributed by atoms with Gasteiger partial charge in [0.15, 0.2) is 6.23 Å². The largest absolute Gasteiger partial charge is 0.498 e. The first-order valence-electron chi connectivity index (χ1n) is 8.91. The highest BCUT2D eigenvalue weighted by Crippen LogP contribution is 2.37. The van der Waals surface area contributed by atoms with Crippen molar-refractivity contribution in [1.29, 1.82) is 0 Å². The van der Waals surface area contributed by atoms with Gasteiger partial charge in [-0.15, -0.1) is 0 Å². The van der Waals surface area contributed by atoms with Crippen LogP contribution in [0.15, 0.2) is 24.3 Å². The van der Waals surface area contributed by atoms with Gasteiger partial charge >= 0.3 is 13.2 Å². The molecule has 144 valence electrons. The van der Waals surface area contributed by atoms with Gasteiger partial charge in [-0.05, 0) is 61.5 Å². The minimum absolute atomic E-state index is 0.439.